The van der Waals surface area contributed by atoms with Crippen LogP contribution < -0.4 is 0 Å². The predicted octanol–water partition coefficient (Wildman–Crippen LogP) is 2.45. The van der Waals surface area contributed by atoms with Crippen LogP contribution in [0.3, 0.4) is 0 Å². The van der Waals surface area contributed by atoms with Gasteiger partial charge < -0.3 is 15.1 Å². The van der Waals surface area contributed by atoms with Gasteiger partial charge in [0, 0.05) is 19.0 Å². The van der Waals surface area contributed by atoms with Crippen LogP contribution in [0.2, 0.25) is 0 Å². The summed E-state index contributed by atoms with van der Waals surface area (Å²) < 4.78 is 13.2. The van der Waals surface area contributed by atoms with E-state index in [2.05, 4.69) is 0 Å². The fraction of sp³-hybridized carbons (Fsp3) is 0.391. The number of carboxylic acid groups (broad SMARTS) is 1. The third kappa shape index (κ3) is 3.65. The molecule has 1 aliphatic carbocycles. The highest BCUT2D eigenvalue weighted by atomic mass is 19.1. The first-order valence-electron chi connectivity index (χ1n) is 9.90. The average Bonchev–Trinajstić information content (AvgIpc) is 3.15. The smallest absolute Gasteiger partial charge is 0.314 e. The highest BCUT2D eigenvalue weighted by Gasteiger charge is 2.50. The number of carbonyl (C=O) groups excluding carboxylic acids is 1. The number of aliphatic hydroxyl groups excluding tert-OH is 1. The fourth-order valence-corrected chi connectivity index (χ4v) is 4.69. The number of aliphatic hydroxyl groups is 1. The minimum absolute atomic E-state index is 0.0401. The normalized spacial score (nSPS) is 24.3. The maximum atomic E-state index is 13.2. The van der Waals surface area contributed by atoms with E-state index in [-0.39, 0.29) is 31.2 Å². The number of carboxylic acids is 1. The number of carbonyl (C=O) groups is 2. The Morgan fingerprint density at radius 1 is 1.07 bits per heavy atom. The zero-order chi connectivity index (χ0) is 20.6. The molecule has 2 N–H and O–H groups in total. The number of halogens is 1. The number of rotatable bonds is 4. The van der Waals surface area contributed by atoms with Gasteiger partial charge in [-0.2, -0.15) is 0 Å². The number of piperidine rings is 1. The molecule has 6 heteroatoms. The Hall–Kier alpha value is -2.73. The average molecular weight is 397 g/mol. The Morgan fingerprint density at radius 2 is 1.69 bits per heavy atom. The van der Waals surface area contributed by atoms with Gasteiger partial charge in [0.2, 0.25) is 5.91 Å². The van der Waals surface area contributed by atoms with Gasteiger partial charge in [0.05, 0.1) is 6.10 Å². The van der Waals surface area contributed by atoms with Gasteiger partial charge in [-0.05, 0) is 54.5 Å². The summed E-state index contributed by atoms with van der Waals surface area (Å²) in [6.45, 7) is 0.290. The molecule has 1 aliphatic heterocycles. The monoisotopic (exact) mass is 397 g/mol. The molecule has 1 heterocycles. The zero-order valence-corrected chi connectivity index (χ0v) is 16.1. The van der Waals surface area contributed by atoms with Crippen molar-refractivity contribution < 1.29 is 24.2 Å². The van der Waals surface area contributed by atoms with E-state index in [1.54, 1.807) is 4.90 Å². The van der Waals surface area contributed by atoms with Crippen molar-refractivity contribution in [3.63, 3.8) is 0 Å². The zero-order valence-electron chi connectivity index (χ0n) is 16.1. The summed E-state index contributed by atoms with van der Waals surface area (Å²) in [5.41, 5.74) is 1.45. The van der Waals surface area contributed by atoms with Crippen LogP contribution in [0.5, 0.6) is 0 Å². The summed E-state index contributed by atoms with van der Waals surface area (Å²) in [5, 5.41) is 20.6. The van der Waals surface area contributed by atoms with E-state index in [9.17, 15) is 24.2 Å². The van der Waals surface area contributed by atoms with Crippen LogP contribution in [0.4, 0.5) is 4.39 Å². The van der Waals surface area contributed by atoms with Gasteiger partial charge in [-0.25, -0.2) is 4.39 Å². The second-order valence-corrected chi connectivity index (χ2v) is 8.20. The van der Waals surface area contributed by atoms with E-state index in [0.717, 1.165) is 0 Å². The third-order valence-corrected chi connectivity index (χ3v) is 6.35. The first-order valence-corrected chi connectivity index (χ1v) is 9.90. The lowest BCUT2D eigenvalue weighted by Crippen LogP contribution is -2.59. The lowest BCUT2D eigenvalue weighted by Gasteiger charge is -2.44. The van der Waals surface area contributed by atoms with Gasteiger partial charge in [-0.3, -0.25) is 9.59 Å². The first-order chi connectivity index (χ1) is 13.9. The number of fused-ring (bicyclic) bond motifs is 1. The number of nitrogens with zero attached hydrogens (tertiary/aromatic N) is 1. The number of likely N-dealkylation sites (tertiary alicyclic amines) is 1. The summed E-state index contributed by atoms with van der Waals surface area (Å²) in [4.78, 5) is 27.0. The summed E-state index contributed by atoms with van der Waals surface area (Å²) >= 11 is 0. The minimum Gasteiger partial charge on any atom is -0.481 e. The summed E-state index contributed by atoms with van der Waals surface area (Å²) in [6.07, 6.45) is 0.491. The van der Waals surface area contributed by atoms with Gasteiger partial charge in [0.15, 0.2) is 0 Å². The first kappa shape index (κ1) is 19.6. The highest BCUT2D eigenvalue weighted by Crippen LogP contribution is 2.37. The summed E-state index contributed by atoms with van der Waals surface area (Å²) in [5.74, 6) is -1.79. The van der Waals surface area contributed by atoms with Crippen LogP contribution in [-0.4, -0.2) is 46.2 Å². The summed E-state index contributed by atoms with van der Waals surface area (Å²) in [7, 11) is 0. The van der Waals surface area contributed by atoms with Crippen LogP contribution in [0.15, 0.2) is 48.5 Å². The molecule has 0 radical (unpaired) electrons. The van der Waals surface area contributed by atoms with E-state index < -0.39 is 23.3 Å². The van der Waals surface area contributed by atoms with Crippen LogP contribution in [0.25, 0.3) is 0 Å². The molecule has 5 nitrogen and oxygen atoms in total. The van der Waals surface area contributed by atoms with E-state index in [4.69, 9.17) is 0 Å². The minimum atomic E-state index is -1.50. The molecular weight excluding hydrogens is 373 g/mol. The van der Waals surface area contributed by atoms with Crippen molar-refractivity contribution in [1.29, 1.82) is 0 Å². The van der Waals surface area contributed by atoms with Crippen molar-refractivity contribution in [3.8, 4) is 0 Å². The van der Waals surface area contributed by atoms with E-state index >= 15 is 0 Å². The van der Waals surface area contributed by atoms with Crippen LogP contribution in [0.1, 0.15) is 23.1 Å². The maximum absolute atomic E-state index is 13.2. The number of aliphatic carboxylic acids is 1. The molecule has 2 atom stereocenters. The largest absolute Gasteiger partial charge is 0.481 e. The molecule has 0 unspecified atom stereocenters. The van der Waals surface area contributed by atoms with Gasteiger partial charge in [0.1, 0.15) is 11.2 Å². The standard InChI is InChI=1S/C23H24FNO4/c24-19-7-5-15(6-8-19)13-23(22(28)29)14-25(10-9-20(23)26)21(27)18-11-16-3-1-2-4-17(16)12-18/h1-8,18,20,26H,9-14H2,(H,28,29)/t20-,23+/m0/s1. The third-order valence-electron chi connectivity index (χ3n) is 6.35. The quantitative estimate of drug-likeness (QED) is 0.831. The number of benzene rings is 2. The number of amides is 1. The van der Waals surface area contributed by atoms with Crippen molar-refractivity contribution in [2.45, 2.75) is 31.8 Å². The molecule has 1 fully saturated rings. The molecule has 2 aliphatic rings. The van der Waals surface area contributed by atoms with Crippen LogP contribution in [0, 0.1) is 17.2 Å². The Bertz CT molecular complexity index is 904. The molecule has 4 rings (SSSR count). The number of hydrogen-bond donors (Lipinski definition) is 2. The summed E-state index contributed by atoms with van der Waals surface area (Å²) in [6, 6.07) is 13.6. The molecule has 2 aromatic carbocycles. The van der Waals surface area contributed by atoms with Gasteiger partial charge in [0.25, 0.3) is 0 Å². The van der Waals surface area contributed by atoms with Crippen molar-refractivity contribution in [2.75, 3.05) is 13.1 Å². The van der Waals surface area contributed by atoms with Crippen molar-refractivity contribution >= 4 is 11.9 Å². The lowest BCUT2D eigenvalue weighted by atomic mass is 9.72. The SMILES string of the molecule is O=C(C1Cc2ccccc2C1)N1CC[C@H](O)[C@](Cc2ccc(F)cc2)(C(=O)O)C1. The van der Waals surface area contributed by atoms with E-state index in [1.165, 1.54) is 35.4 Å². The molecule has 152 valence electrons. The molecular formula is C23H24FNO4. The maximum Gasteiger partial charge on any atom is 0.314 e. The van der Waals surface area contributed by atoms with E-state index in [0.29, 0.717) is 24.9 Å². The van der Waals surface area contributed by atoms with Crippen LogP contribution >= 0.6 is 0 Å². The Kier molecular flexibility index (Phi) is 5.13. The van der Waals surface area contributed by atoms with Gasteiger partial charge in [-0.15, -0.1) is 0 Å². The van der Waals surface area contributed by atoms with Crippen molar-refractivity contribution in [3.05, 3.63) is 71.0 Å². The Labute approximate surface area is 168 Å². The fourth-order valence-electron chi connectivity index (χ4n) is 4.69. The van der Waals surface area contributed by atoms with Gasteiger partial charge >= 0.3 is 5.97 Å². The molecule has 0 aromatic heterocycles. The molecule has 1 saturated heterocycles. The van der Waals surface area contributed by atoms with Crippen molar-refractivity contribution in [1.82, 2.24) is 4.90 Å². The highest BCUT2D eigenvalue weighted by molar-refractivity contribution is 5.83. The van der Waals surface area contributed by atoms with Crippen LogP contribution in [-0.2, 0) is 28.9 Å². The molecule has 0 spiro atoms. The Balaban J connectivity index is 1.55. The number of hydrogen-bond acceptors (Lipinski definition) is 3. The van der Waals surface area contributed by atoms with Crippen molar-refractivity contribution in [2.24, 2.45) is 11.3 Å². The molecule has 29 heavy (non-hydrogen) atoms. The molecule has 0 saturated carbocycles. The lowest BCUT2D eigenvalue weighted by molar-refractivity contribution is -0.166. The van der Waals surface area contributed by atoms with E-state index in [1.807, 2.05) is 24.3 Å². The molecule has 0 bridgehead atoms. The molecule has 1 amide bonds. The second-order valence-electron chi connectivity index (χ2n) is 8.20. The van der Waals surface area contributed by atoms with Gasteiger partial charge in [-0.1, -0.05) is 36.4 Å². The molecule has 2 aromatic rings. The predicted molar refractivity (Wildman–Crippen MR) is 105 cm³/mol. The Morgan fingerprint density at radius 3 is 2.28 bits per heavy atom. The second kappa shape index (κ2) is 7.59. The topological polar surface area (TPSA) is 77.8 Å².